The summed E-state index contributed by atoms with van der Waals surface area (Å²) < 4.78 is 181. The van der Waals surface area contributed by atoms with E-state index in [1.165, 1.54) is 4.57 Å². The summed E-state index contributed by atoms with van der Waals surface area (Å²) in [6.45, 7) is 0. The van der Waals surface area contributed by atoms with Gasteiger partial charge in [0, 0.05) is 38.2 Å². The van der Waals surface area contributed by atoms with Crippen LogP contribution in [0.3, 0.4) is 0 Å². The summed E-state index contributed by atoms with van der Waals surface area (Å²) in [7, 11) is 0. The number of fused-ring (bicyclic) bond motifs is 9. The predicted octanol–water partition coefficient (Wildman–Crippen LogP) is 13.1. The number of furan rings is 1. The van der Waals surface area contributed by atoms with Gasteiger partial charge in [0.2, 0.25) is 0 Å². The molecule has 51 heavy (non-hydrogen) atoms. The predicted molar refractivity (Wildman–Crippen MR) is 213 cm³/mol. The highest BCUT2D eigenvalue weighted by molar-refractivity contribution is 6.17. The lowest BCUT2D eigenvalue weighted by Gasteiger charge is -2.13. The van der Waals surface area contributed by atoms with Gasteiger partial charge in [-0.15, -0.1) is 0 Å². The zero-order chi connectivity index (χ0) is 50.0. The van der Waals surface area contributed by atoms with Crippen LogP contribution in [0, 0.1) is 0 Å². The summed E-state index contributed by atoms with van der Waals surface area (Å²) >= 11 is 0. The van der Waals surface area contributed by atoms with Crippen molar-refractivity contribution in [3.05, 3.63) is 182 Å². The molecule has 8 aromatic carbocycles. The Morgan fingerprint density at radius 2 is 1.08 bits per heavy atom. The van der Waals surface area contributed by atoms with Crippen LogP contribution < -0.4 is 0 Å². The number of benzene rings is 8. The van der Waals surface area contributed by atoms with Gasteiger partial charge in [0.25, 0.3) is 0 Å². The van der Waals surface area contributed by atoms with Crippen LogP contribution in [0.15, 0.2) is 186 Å². The minimum Gasteiger partial charge on any atom is -0.455 e. The van der Waals surface area contributed by atoms with Crippen LogP contribution in [0.2, 0.25) is 0 Å². The second-order valence-corrected chi connectivity index (χ2v) is 11.8. The van der Waals surface area contributed by atoms with E-state index in [0.717, 1.165) is 10.1 Å². The van der Waals surface area contributed by atoms with Crippen LogP contribution in [-0.2, 0) is 0 Å². The molecule has 0 aliphatic rings. The highest BCUT2D eigenvalue weighted by Crippen LogP contribution is 2.43. The average molecular weight is 670 g/mol. The number of aromatic nitrogens is 2. The van der Waals surface area contributed by atoms with Gasteiger partial charge in [0.1, 0.15) is 11.2 Å². The molecule has 0 atom stereocenters. The van der Waals surface area contributed by atoms with Gasteiger partial charge in [0.05, 0.1) is 59.2 Å². The van der Waals surface area contributed by atoms with Crippen molar-refractivity contribution >= 4 is 65.6 Å². The lowest BCUT2D eigenvalue weighted by molar-refractivity contribution is 0.670. The maximum atomic E-state index is 10.1. The monoisotopic (exact) mass is 669 g/mol. The number of rotatable bonds is 4. The summed E-state index contributed by atoms with van der Waals surface area (Å²) in [5.74, 6) is 0. The third kappa shape index (κ3) is 4.12. The zero-order valence-corrected chi connectivity index (χ0v) is 26.2. The SMILES string of the molecule is [2H]c1c([2H])c([2H])c(-n2c3c([2H])c([2H])c([2H])c([2H])c3c3c([2H])c(-c4c([2H])c([2H])c5c6c([2H])c([2H])c([2H])c([2H])c6n(-c6ccc(-c7ccccc7)c7oc8ccccc8c67)c5c4[2H])c([2H])c([2H])c32)c([2H])c1[2H]. The molecular formula is C48H30N2O. The molecule has 0 unspecified atom stereocenters. The summed E-state index contributed by atoms with van der Waals surface area (Å²) in [6, 6.07) is 5.86. The largest absolute Gasteiger partial charge is 0.455 e. The highest BCUT2D eigenvalue weighted by Gasteiger charge is 2.21. The molecule has 0 aliphatic carbocycles. The Balaban J connectivity index is 1.35. The van der Waals surface area contributed by atoms with Crippen molar-refractivity contribution in [2.45, 2.75) is 0 Å². The molecule has 3 aromatic heterocycles. The molecular weight excluding hydrogens is 621 g/mol. The Kier molecular flexibility index (Phi) is 3.26. The van der Waals surface area contributed by atoms with Crippen LogP contribution in [-0.4, -0.2) is 9.13 Å². The van der Waals surface area contributed by atoms with Crippen molar-refractivity contribution in [2.75, 3.05) is 0 Å². The van der Waals surface area contributed by atoms with Crippen LogP contribution >= 0.6 is 0 Å². The van der Waals surface area contributed by atoms with Gasteiger partial charge >= 0.3 is 0 Å². The zero-order valence-electron chi connectivity index (χ0n) is 45.2. The fourth-order valence-electron chi connectivity index (χ4n) is 6.94. The van der Waals surface area contributed by atoms with E-state index in [9.17, 15) is 11.0 Å². The molecule has 0 bridgehead atoms. The molecule has 0 fully saturated rings. The normalized spacial score (nSPS) is 17.1. The molecule has 0 radical (unpaired) electrons. The van der Waals surface area contributed by atoms with Gasteiger partial charge in [-0.3, -0.25) is 0 Å². The Hall–Kier alpha value is -6.84. The molecule has 0 N–H and O–H groups in total. The van der Waals surface area contributed by atoms with Gasteiger partial charge in [-0.25, -0.2) is 0 Å². The first-order valence-electron chi connectivity index (χ1n) is 25.4. The third-order valence-electron chi connectivity index (χ3n) is 9.11. The molecule has 0 spiro atoms. The molecule has 11 rings (SSSR count). The summed E-state index contributed by atoms with van der Waals surface area (Å²) in [5, 5.41) is -0.258. The molecule has 0 saturated heterocycles. The molecule has 0 saturated carbocycles. The van der Waals surface area contributed by atoms with E-state index < -0.39 is 153 Å². The van der Waals surface area contributed by atoms with Crippen molar-refractivity contribution in [3.63, 3.8) is 0 Å². The molecule has 0 aliphatic heterocycles. The number of nitrogens with zero attached hydrogens (tertiary/aromatic N) is 2. The smallest absolute Gasteiger partial charge is 0.145 e. The Morgan fingerprint density at radius 3 is 1.92 bits per heavy atom. The Bertz CT molecular complexity index is 4200. The van der Waals surface area contributed by atoms with Crippen molar-refractivity contribution < 1.29 is 30.5 Å². The van der Waals surface area contributed by atoms with E-state index in [1.807, 2.05) is 30.3 Å². The van der Waals surface area contributed by atoms with Crippen LogP contribution in [0.5, 0.6) is 0 Å². The fraction of sp³-hybridized carbons (Fsp3) is 0. The van der Waals surface area contributed by atoms with Gasteiger partial charge in [-0.05, 0) is 77.2 Å². The second kappa shape index (κ2) is 10.8. The summed E-state index contributed by atoms with van der Waals surface area (Å²) in [5.41, 5.74) is -0.662. The molecule has 3 nitrogen and oxygen atoms in total. The van der Waals surface area contributed by atoms with Crippen LogP contribution in [0.4, 0.5) is 0 Å². The minimum atomic E-state index is -0.854. The van der Waals surface area contributed by atoms with Crippen molar-refractivity contribution in [2.24, 2.45) is 0 Å². The van der Waals surface area contributed by atoms with E-state index in [4.69, 9.17) is 19.5 Å². The molecule has 3 heteroatoms. The van der Waals surface area contributed by atoms with E-state index >= 15 is 0 Å². The Labute approximate surface area is 320 Å². The van der Waals surface area contributed by atoms with Crippen molar-refractivity contribution in [3.8, 4) is 33.6 Å². The molecule has 0 amide bonds. The standard InChI is InChI=1S/C48H30N2O/c1-3-13-31(14-4-1)35-26-28-44(47-39-19-9-12-22-46(39)51-48(35)47)50-42-21-11-7-17-36(42)38-25-23-33(30-45(38)50)32-24-27-43-40(29-32)37-18-8-10-20-41(37)49(43)34-15-5-2-6-16-34/h1-30H/i2D,5D,6D,7D,8D,10D,11D,15D,16D,17D,18D,20D,21D,23D,24D,25D,27D,29D,30D. The first-order chi connectivity index (χ1) is 33.2. The van der Waals surface area contributed by atoms with Gasteiger partial charge < -0.3 is 13.6 Å². The second-order valence-electron chi connectivity index (χ2n) is 11.8. The van der Waals surface area contributed by atoms with E-state index in [0.29, 0.717) is 27.5 Å². The Morgan fingerprint density at radius 1 is 0.431 bits per heavy atom. The van der Waals surface area contributed by atoms with Gasteiger partial charge in [-0.1, -0.05) is 121 Å². The quantitative estimate of drug-likeness (QED) is 0.183. The minimum absolute atomic E-state index is 0.162. The van der Waals surface area contributed by atoms with E-state index in [2.05, 4.69) is 0 Å². The van der Waals surface area contributed by atoms with Crippen molar-refractivity contribution in [1.29, 1.82) is 0 Å². The third-order valence-corrected chi connectivity index (χ3v) is 9.11. The van der Waals surface area contributed by atoms with E-state index in [1.54, 1.807) is 36.4 Å². The first-order valence-corrected chi connectivity index (χ1v) is 15.9. The lowest BCUT2D eigenvalue weighted by atomic mass is 10.00. The van der Waals surface area contributed by atoms with E-state index in [-0.39, 0.29) is 27.5 Å². The maximum Gasteiger partial charge on any atom is 0.145 e. The number of hydrogen-bond acceptors (Lipinski definition) is 1. The first kappa shape index (κ1) is 15.4. The number of para-hydroxylation sites is 4. The highest BCUT2D eigenvalue weighted by atomic mass is 16.3. The number of hydrogen-bond donors (Lipinski definition) is 0. The van der Waals surface area contributed by atoms with Crippen LogP contribution in [0.1, 0.15) is 26.0 Å². The van der Waals surface area contributed by atoms with Gasteiger partial charge in [0.15, 0.2) is 0 Å². The molecule has 11 aromatic rings. The average Bonchev–Trinajstić information content (AvgIpc) is 4.04. The maximum absolute atomic E-state index is 10.1. The molecule has 3 heterocycles. The molecule has 238 valence electrons. The van der Waals surface area contributed by atoms with Crippen LogP contribution in [0.25, 0.3) is 99.2 Å². The lowest BCUT2D eigenvalue weighted by Crippen LogP contribution is -1.96. The topological polar surface area (TPSA) is 23.0 Å². The summed E-state index contributed by atoms with van der Waals surface area (Å²) in [6.07, 6.45) is 0. The summed E-state index contributed by atoms with van der Waals surface area (Å²) in [4.78, 5) is 0. The van der Waals surface area contributed by atoms with Gasteiger partial charge in [-0.2, -0.15) is 0 Å². The van der Waals surface area contributed by atoms with Crippen molar-refractivity contribution in [1.82, 2.24) is 9.13 Å². The fourth-order valence-corrected chi connectivity index (χ4v) is 6.94.